The third kappa shape index (κ3) is 6.10. The molecule has 0 N–H and O–H groups in total. The average Bonchev–Trinajstić information content (AvgIpc) is 3.42. The molecule has 0 unspecified atom stereocenters. The van der Waals surface area contributed by atoms with Gasteiger partial charge in [-0.05, 0) is 102 Å². The van der Waals surface area contributed by atoms with Crippen LogP contribution < -0.4 is 14.4 Å². The van der Waals surface area contributed by atoms with Crippen LogP contribution in [0.4, 0.5) is 5.69 Å². The Morgan fingerprint density at radius 1 is 0.947 bits per heavy atom. The predicted molar refractivity (Wildman–Crippen MR) is 155 cm³/mol. The zero-order chi connectivity index (χ0) is 26.6. The molecule has 1 aromatic carbocycles. The summed E-state index contributed by atoms with van der Waals surface area (Å²) in [6.45, 7) is 8.42. The minimum Gasteiger partial charge on any atom is -0.493 e. The van der Waals surface area contributed by atoms with E-state index in [0.717, 1.165) is 71.4 Å². The molecular formula is C31H44N4O3. The number of hydrogen-bond acceptors (Lipinski definition) is 7. The van der Waals surface area contributed by atoms with Crippen LogP contribution in [-0.2, 0) is 6.42 Å². The number of furan rings is 1. The molecule has 0 atom stereocenters. The van der Waals surface area contributed by atoms with Crippen molar-refractivity contribution in [2.24, 2.45) is 11.8 Å². The fourth-order valence-electron chi connectivity index (χ4n) is 5.80. The second kappa shape index (κ2) is 12.0. The quantitative estimate of drug-likeness (QED) is 0.366. The monoisotopic (exact) mass is 520 g/mol. The number of aromatic nitrogens is 1. The normalized spacial score (nSPS) is 18.2. The molecule has 2 aliphatic rings. The van der Waals surface area contributed by atoms with Crippen molar-refractivity contribution in [1.82, 2.24) is 14.8 Å². The molecule has 5 rings (SSSR count). The van der Waals surface area contributed by atoms with Crippen molar-refractivity contribution in [3.8, 4) is 23.0 Å². The highest BCUT2D eigenvalue weighted by atomic mass is 16.5. The molecule has 7 nitrogen and oxygen atoms in total. The van der Waals surface area contributed by atoms with Gasteiger partial charge in [0.05, 0.1) is 19.2 Å². The lowest BCUT2D eigenvalue weighted by Gasteiger charge is -2.33. The van der Waals surface area contributed by atoms with Gasteiger partial charge in [0.25, 0.3) is 0 Å². The summed E-state index contributed by atoms with van der Waals surface area (Å²) in [5, 5.41) is 1.08. The van der Waals surface area contributed by atoms with Gasteiger partial charge in [0, 0.05) is 37.2 Å². The van der Waals surface area contributed by atoms with E-state index in [4.69, 9.17) is 18.9 Å². The summed E-state index contributed by atoms with van der Waals surface area (Å²) < 4.78 is 18.3. The van der Waals surface area contributed by atoms with Gasteiger partial charge in [-0.1, -0.05) is 6.92 Å². The molecule has 7 heteroatoms. The molecule has 2 saturated heterocycles. The molecule has 3 aromatic rings. The summed E-state index contributed by atoms with van der Waals surface area (Å²) in [7, 11) is 8.33. The number of aryl methyl sites for hydroxylation is 1. The first kappa shape index (κ1) is 26.8. The van der Waals surface area contributed by atoms with E-state index in [1.165, 1.54) is 38.8 Å². The van der Waals surface area contributed by atoms with E-state index in [-0.39, 0.29) is 0 Å². The first-order valence-corrected chi connectivity index (χ1v) is 14.3. The van der Waals surface area contributed by atoms with Crippen molar-refractivity contribution < 1.29 is 13.9 Å². The Hall–Kier alpha value is -2.77. The Kier molecular flexibility index (Phi) is 8.44. The smallest absolute Gasteiger partial charge is 0.163 e. The van der Waals surface area contributed by atoms with E-state index in [2.05, 4.69) is 61.0 Å². The van der Waals surface area contributed by atoms with Gasteiger partial charge in [-0.25, -0.2) is 4.98 Å². The fraction of sp³-hybridized carbons (Fsp3) is 0.581. The number of ether oxygens (including phenoxy) is 2. The Labute approximate surface area is 227 Å². The van der Waals surface area contributed by atoms with E-state index in [9.17, 15) is 0 Å². The topological polar surface area (TPSA) is 54.2 Å². The Morgan fingerprint density at radius 3 is 2.26 bits per heavy atom. The van der Waals surface area contributed by atoms with E-state index in [1.54, 1.807) is 7.11 Å². The van der Waals surface area contributed by atoms with Gasteiger partial charge in [0.15, 0.2) is 17.3 Å². The van der Waals surface area contributed by atoms with Gasteiger partial charge in [-0.15, -0.1) is 0 Å². The molecule has 2 aliphatic heterocycles. The lowest BCUT2D eigenvalue weighted by atomic mass is 9.96. The second-order valence-corrected chi connectivity index (χ2v) is 11.4. The number of piperidine rings is 2. The van der Waals surface area contributed by atoms with Crippen molar-refractivity contribution in [2.75, 3.05) is 72.5 Å². The molecule has 0 saturated carbocycles. The van der Waals surface area contributed by atoms with Crippen molar-refractivity contribution in [2.45, 2.75) is 39.0 Å². The van der Waals surface area contributed by atoms with Crippen LogP contribution in [0.25, 0.3) is 22.4 Å². The van der Waals surface area contributed by atoms with Crippen molar-refractivity contribution in [1.29, 1.82) is 0 Å². The van der Waals surface area contributed by atoms with Crippen molar-refractivity contribution in [3.63, 3.8) is 0 Å². The third-order valence-corrected chi connectivity index (χ3v) is 8.43. The summed E-state index contributed by atoms with van der Waals surface area (Å²) in [6.07, 6.45) is 5.65. The van der Waals surface area contributed by atoms with Crippen LogP contribution in [-0.4, -0.2) is 82.4 Å². The van der Waals surface area contributed by atoms with Gasteiger partial charge < -0.3 is 28.6 Å². The highest BCUT2D eigenvalue weighted by Crippen LogP contribution is 2.39. The summed E-state index contributed by atoms with van der Waals surface area (Å²) in [6, 6.07) is 10.4. The number of methoxy groups -OCH3 is 1. The number of anilines is 1. The van der Waals surface area contributed by atoms with Gasteiger partial charge in [-0.3, -0.25) is 0 Å². The maximum atomic E-state index is 6.38. The minimum absolute atomic E-state index is 0.567. The number of nitrogens with zero attached hydrogens (tertiary/aromatic N) is 4. The first-order valence-electron chi connectivity index (χ1n) is 14.3. The predicted octanol–water partition coefficient (Wildman–Crippen LogP) is 5.56. The fourth-order valence-corrected chi connectivity index (χ4v) is 5.80. The molecule has 2 aromatic heterocycles. The molecule has 206 valence electrons. The lowest BCUT2D eigenvalue weighted by molar-refractivity contribution is 0.157. The number of pyridine rings is 1. The molecule has 0 bridgehead atoms. The van der Waals surface area contributed by atoms with Crippen LogP contribution >= 0.6 is 0 Å². The molecule has 38 heavy (non-hydrogen) atoms. The van der Waals surface area contributed by atoms with E-state index >= 15 is 0 Å². The van der Waals surface area contributed by atoms with Crippen LogP contribution in [0.2, 0.25) is 0 Å². The Balaban J connectivity index is 1.48. The molecule has 0 spiro atoms. The van der Waals surface area contributed by atoms with Gasteiger partial charge in [-0.2, -0.15) is 0 Å². The SMILES string of the molecule is CCc1ccc(-c2cc(N(C)CC3CCN(C)CC3)c3cc(OC)c(OCC4CCN(C)CC4)cc3n2)o1. The third-order valence-electron chi connectivity index (χ3n) is 8.43. The summed E-state index contributed by atoms with van der Waals surface area (Å²) >= 11 is 0. The second-order valence-electron chi connectivity index (χ2n) is 11.4. The van der Waals surface area contributed by atoms with Crippen LogP contribution in [0.1, 0.15) is 38.4 Å². The highest BCUT2D eigenvalue weighted by molar-refractivity contribution is 5.96. The van der Waals surface area contributed by atoms with Crippen molar-refractivity contribution >= 4 is 16.6 Å². The lowest BCUT2D eigenvalue weighted by Crippen LogP contribution is -2.35. The number of likely N-dealkylation sites (tertiary alicyclic amines) is 2. The molecule has 2 fully saturated rings. The summed E-state index contributed by atoms with van der Waals surface area (Å²) in [5.41, 5.74) is 2.91. The standard InChI is InChI=1S/C31H44N4O3/c1-6-24-7-8-29(38-24)27-18-28(35(4)20-22-9-13-33(2)14-10-22)25-17-30(36-5)31(19-26(25)32-27)37-21-23-11-15-34(3)16-12-23/h7-8,17-19,22-23H,6,9-16,20-21H2,1-5H3. The molecule has 4 heterocycles. The number of rotatable bonds is 9. The molecule has 0 radical (unpaired) electrons. The van der Waals surface area contributed by atoms with E-state index in [1.807, 2.05) is 12.1 Å². The van der Waals surface area contributed by atoms with Gasteiger partial charge in [0.2, 0.25) is 0 Å². The molecule has 0 aliphatic carbocycles. The average molecular weight is 521 g/mol. The van der Waals surface area contributed by atoms with Crippen LogP contribution in [0.3, 0.4) is 0 Å². The van der Waals surface area contributed by atoms with Crippen molar-refractivity contribution in [3.05, 3.63) is 36.1 Å². The Morgan fingerprint density at radius 2 is 1.63 bits per heavy atom. The Bertz CT molecular complexity index is 1210. The minimum atomic E-state index is 0.567. The van der Waals surface area contributed by atoms with Gasteiger partial charge in [0.1, 0.15) is 11.5 Å². The summed E-state index contributed by atoms with van der Waals surface area (Å²) in [5.74, 6) is 4.55. The van der Waals surface area contributed by atoms with Crippen LogP contribution in [0.5, 0.6) is 11.5 Å². The van der Waals surface area contributed by atoms with Crippen LogP contribution in [0, 0.1) is 11.8 Å². The number of hydrogen-bond donors (Lipinski definition) is 0. The zero-order valence-electron chi connectivity index (χ0n) is 23.8. The summed E-state index contributed by atoms with van der Waals surface area (Å²) in [4.78, 5) is 12.3. The van der Waals surface area contributed by atoms with E-state index < -0.39 is 0 Å². The molecular weight excluding hydrogens is 476 g/mol. The zero-order valence-corrected chi connectivity index (χ0v) is 23.8. The first-order chi connectivity index (χ1) is 18.4. The number of fused-ring (bicyclic) bond motifs is 1. The van der Waals surface area contributed by atoms with E-state index in [0.29, 0.717) is 18.4 Å². The molecule has 0 amide bonds. The van der Waals surface area contributed by atoms with Gasteiger partial charge >= 0.3 is 0 Å². The maximum absolute atomic E-state index is 6.38. The number of benzene rings is 1. The maximum Gasteiger partial charge on any atom is 0.163 e. The highest BCUT2D eigenvalue weighted by Gasteiger charge is 2.23. The largest absolute Gasteiger partial charge is 0.493 e. The van der Waals surface area contributed by atoms with Crippen LogP contribution in [0.15, 0.2) is 34.7 Å².